The van der Waals surface area contributed by atoms with Crippen LogP contribution in [0.2, 0.25) is 0 Å². The van der Waals surface area contributed by atoms with Crippen LogP contribution in [0.25, 0.3) is 0 Å². The van der Waals surface area contributed by atoms with E-state index in [-0.39, 0.29) is 18.2 Å². The van der Waals surface area contributed by atoms with Crippen LogP contribution in [0.4, 0.5) is 18.9 Å². The zero-order chi connectivity index (χ0) is 27.4. The molecule has 1 unspecified atom stereocenters. The molecule has 2 atom stereocenters. The number of rotatable bonds is 10. The number of anilines is 1. The number of nitrogens with zero attached hydrogens (tertiary/aromatic N) is 3. The van der Waals surface area contributed by atoms with Gasteiger partial charge in [0, 0.05) is 43.4 Å². The Morgan fingerprint density at radius 3 is 2.74 bits per heavy atom. The van der Waals surface area contributed by atoms with Crippen LogP contribution < -0.4 is 5.32 Å². The van der Waals surface area contributed by atoms with Gasteiger partial charge in [0.2, 0.25) is 0 Å². The van der Waals surface area contributed by atoms with Crippen molar-refractivity contribution in [2.75, 3.05) is 25.5 Å². The Kier molecular flexibility index (Phi) is 8.89. The molecule has 2 aliphatic rings. The van der Waals surface area contributed by atoms with Crippen molar-refractivity contribution in [2.45, 2.75) is 70.8 Å². The Morgan fingerprint density at radius 1 is 1.18 bits per heavy atom. The molecule has 3 heterocycles. The van der Waals surface area contributed by atoms with Crippen LogP contribution in [0.5, 0.6) is 0 Å². The maximum absolute atomic E-state index is 14.0. The standard InChI is InChI=1S/C30H37F3N4OS/c1-20-6-5-11-37(16-20)17-21-12-25(30(31,32)33)26(35-14-21)15-34-24-10-4-9-23(13-24)29(22-7-3-8-22)27-19-39-28(36-27)18-38-2/h4,9-10,12-14,19-20,22,29,34H,3,5-8,11,15-18H2,1-2H3/t20-,29?/m0/s1. The molecule has 3 aromatic rings. The van der Waals surface area contributed by atoms with E-state index in [1.165, 1.54) is 18.9 Å². The molecule has 1 saturated carbocycles. The van der Waals surface area contributed by atoms with E-state index in [1.807, 2.05) is 12.1 Å². The molecule has 1 aliphatic carbocycles. The molecule has 0 radical (unpaired) electrons. The molecule has 5 nitrogen and oxygen atoms in total. The number of hydrogen-bond donors (Lipinski definition) is 1. The first-order valence-corrected chi connectivity index (χ1v) is 14.7. The second-order valence-corrected chi connectivity index (χ2v) is 12.0. The summed E-state index contributed by atoms with van der Waals surface area (Å²) in [6, 6.07) is 9.30. The summed E-state index contributed by atoms with van der Waals surface area (Å²) in [7, 11) is 1.67. The second-order valence-electron chi connectivity index (χ2n) is 11.1. The van der Waals surface area contributed by atoms with E-state index in [2.05, 4.69) is 39.6 Å². The zero-order valence-corrected chi connectivity index (χ0v) is 23.5. The van der Waals surface area contributed by atoms with Gasteiger partial charge in [0.15, 0.2) is 0 Å². The van der Waals surface area contributed by atoms with Crippen molar-refractivity contribution in [3.63, 3.8) is 0 Å². The van der Waals surface area contributed by atoms with Gasteiger partial charge in [-0.1, -0.05) is 25.5 Å². The maximum Gasteiger partial charge on any atom is 0.418 e. The molecule has 210 valence electrons. The molecule has 2 aromatic heterocycles. The van der Waals surface area contributed by atoms with E-state index in [9.17, 15) is 13.2 Å². The quantitative estimate of drug-likeness (QED) is 0.280. The fraction of sp³-hybridized carbons (Fsp3) is 0.533. The van der Waals surface area contributed by atoms with Crippen LogP contribution in [0.15, 0.2) is 41.9 Å². The predicted octanol–water partition coefficient (Wildman–Crippen LogP) is 7.48. The van der Waals surface area contributed by atoms with Crippen molar-refractivity contribution < 1.29 is 17.9 Å². The minimum Gasteiger partial charge on any atom is -0.379 e. The van der Waals surface area contributed by atoms with Crippen LogP contribution in [0.3, 0.4) is 0 Å². The molecule has 1 aliphatic heterocycles. The van der Waals surface area contributed by atoms with Gasteiger partial charge in [-0.3, -0.25) is 9.88 Å². The first-order chi connectivity index (χ1) is 18.8. The molecule has 0 spiro atoms. The van der Waals surface area contributed by atoms with Gasteiger partial charge >= 0.3 is 6.18 Å². The number of halogens is 3. The summed E-state index contributed by atoms with van der Waals surface area (Å²) in [5.74, 6) is 1.26. The highest BCUT2D eigenvalue weighted by Gasteiger charge is 2.35. The zero-order valence-electron chi connectivity index (χ0n) is 22.6. The number of likely N-dealkylation sites (tertiary alicyclic amines) is 1. The Bertz CT molecular complexity index is 1240. The molecule has 0 bridgehead atoms. The summed E-state index contributed by atoms with van der Waals surface area (Å²) in [6.45, 7) is 5.02. The summed E-state index contributed by atoms with van der Waals surface area (Å²) in [4.78, 5) is 11.4. The topological polar surface area (TPSA) is 50.3 Å². The van der Waals surface area contributed by atoms with E-state index >= 15 is 0 Å². The average molecular weight is 559 g/mol. The van der Waals surface area contributed by atoms with Crippen molar-refractivity contribution in [1.82, 2.24) is 14.9 Å². The fourth-order valence-electron chi connectivity index (χ4n) is 5.84. The molecule has 1 N–H and O–H groups in total. The summed E-state index contributed by atoms with van der Waals surface area (Å²) >= 11 is 1.61. The first kappa shape index (κ1) is 28.1. The van der Waals surface area contributed by atoms with Crippen molar-refractivity contribution in [2.24, 2.45) is 11.8 Å². The number of benzene rings is 1. The minimum atomic E-state index is -4.46. The van der Waals surface area contributed by atoms with Gasteiger partial charge < -0.3 is 10.1 Å². The van der Waals surface area contributed by atoms with Crippen LogP contribution in [0.1, 0.15) is 78.0 Å². The molecule has 5 rings (SSSR count). The Balaban J connectivity index is 1.32. The lowest BCUT2D eigenvalue weighted by Gasteiger charge is -2.33. The van der Waals surface area contributed by atoms with Gasteiger partial charge in [-0.15, -0.1) is 11.3 Å². The van der Waals surface area contributed by atoms with Crippen LogP contribution in [-0.2, 0) is 30.6 Å². The summed E-state index contributed by atoms with van der Waals surface area (Å²) in [5, 5.41) is 6.28. The van der Waals surface area contributed by atoms with Gasteiger partial charge in [-0.25, -0.2) is 4.98 Å². The molecule has 39 heavy (non-hydrogen) atoms. The first-order valence-electron chi connectivity index (χ1n) is 13.8. The summed E-state index contributed by atoms with van der Waals surface area (Å²) in [5.41, 5.74) is 2.94. The largest absolute Gasteiger partial charge is 0.418 e. The highest BCUT2D eigenvalue weighted by atomic mass is 32.1. The third kappa shape index (κ3) is 6.99. The Morgan fingerprint density at radius 2 is 2.03 bits per heavy atom. The monoisotopic (exact) mass is 558 g/mol. The summed E-state index contributed by atoms with van der Waals surface area (Å²) in [6.07, 6.45) is 2.93. The van der Waals surface area contributed by atoms with E-state index in [0.717, 1.165) is 54.3 Å². The predicted molar refractivity (Wildman–Crippen MR) is 149 cm³/mol. The smallest absolute Gasteiger partial charge is 0.379 e. The van der Waals surface area contributed by atoms with Gasteiger partial charge in [-0.2, -0.15) is 13.2 Å². The second kappa shape index (κ2) is 12.4. The molecule has 0 amide bonds. The van der Waals surface area contributed by atoms with Gasteiger partial charge in [-0.05, 0) is 73.4 Å². The number of aromatic nitrogens is 2. The number of nitrogens with one attached hydrogen (secondary N) is 1. The van der Waals surface area contributed by atoms with Crippen molar-refractivity contribution in [3.8, 4) is 0 Å². The number of alkyl halides is 3. The Labute approximate surface area is 232 Å². The van der Waals surface area contributed by atoms with E-state index < -0.39 is 11.7 Å². The lowest BCUT2D eigenvalue weighted by Crippen LogP contribution is -2.33. The van der Waals surface area contributed by atoms with E-state index in [0.29, 0.717) is 30.6 Å². The van der Waals surface area contributed by atoms with Crippen molar-refractivity contribution in [3.05, 3.63) is 75.0 Å². The third-order valence-corrected chi connectivity index (χ3v) is 8.80. The summed E-state index contributed by atoms with van der Waals surface area (Å²) < 4.78 is 47.4. The number of methoxy groups -OCH3 is 1. The number of piperidine rings is 1. The average Bonchev–Trinajstić information content (AvgIpc) is 3.33. The number of thiazole rings is 1. The highest BCUT2D eigenvalue weighted by Crippen LogP contribution is 2.44. The van der Waals surface area contributed by atoms with Gasteiger partial charge in [0.1, 0.15) is 5.01 Å². The normalized spacial score (nSPS) is 19.6. The lowest BCUT2D eigenvalue weighted by molar-refractivity contribution is -0.138. The van der Waals surface area contributed by atoms with Crippen LogP contribution in [0, 0.1) is 11.8 Å². The molecule has 9 heteroatoms. The fourth-order valence-corrected chi connectivity index (χ4v) is 6.64. The number of ether oxygens (including phenoxy) is 1. The molecular formula is C30H37F3N4OS. The molecular weight excluding hydrogens is 521 g/mol. The lowest BCUT2D eigenvalue weighted by atomic mass is 9.72. The maximum atomic E-state index is 14.0. The minimum absolute atomic E-state index is 0.00209. The molecule has 2 fully saturated rings. The third-order valence-electron chi connectivity index (χ3n) is 7.96. The SMILES string of the molecule is COCc1nc(C(c2cccc(NCc3ncc(CN4CCC[C@H](C)C4)cc3C(F)(F)F)c2)C2CCC2)cs1. The number of hydrogen-bond acceptors (Lipinski definition) is 6. The number of pyridine rings is 1. The van der Waals surface area contributed by atoms with Gasteiger partial charge in [0.05, 0.1) is 30.1 Å². The van der Waals surface area contributed by atoms with Gasteiger partial charge in [0.25, 0.3) is 0 Å². The van der Waals surface area contributed by atoms with Crippen LogP contribution in [-0.4, -0.2) is 35.1 Å². The van der Waals surface area contributed by atoms with Crippen LogP contribution >= 0.6 is 11.3 Å². The Hall–Kier alpha value is -2.49. The van der Waals surface area contributed by atoms with Crippen molar-refractivity contribution in [1.29, 1.82) is 0 Å². The van der Waals surface area contributed by atoms with E-state index in [1.54, 1.807) is 24.6 Å². The molecule has 1 saturated heterocycles. The van der Waals surface area contributed by atoms with Crippen molar-refractivity contribution >= 4 is 17.0 Å². The molecule has 1 aromatic carbocycles. The van der Waals surface area contributed by atoms with E-state index in [4.69, 9.17) is 9.72 Å². The highest BCUT2D eigenvalue weighted by molar-refractivity contribution is 7.09.